The van der Waals surface area contributed by atoms with Gasteiger partial charge in [-0.1, -0.05) is 18.2 Å². The fourth-order valence-corrected chi connectivity index (χ4v) is 5.13. The van der Waals surface area contributed by atoms with Gasteiger partial charge >= 0.3 is 5.97 Å². The number of piperazine rings is 1. The smallest absolute Gasteiger partial charge is 0.341 e. The molecule has 0 atom stereocenters. The molecule has 2 aromatic heterocycles. The van der Waals surface area contributed by atoms with Crippen LogP contribution in [0.4, 0.5) is 10.1 Å². The number of hydrogen-bond donors (Lipinski definition) is 3. The summed E-state index contributed by atoms with van der Waals surface area (Å²) >= 11 is 0. The Bertz CT molecular complexity index is 1650. The van der Waals surface area contributed by atoms with Crippen molar-refractivity contribution >= 4 is 45.6 Å². The Kier molecular flexibility index (Phi) is 6.35. The number of carboxylic acid groups (broad SMARTS) is 1. The van der Waals surface area contributed by atoms with E-state index in [4.69, 9.17) is 0 Å². The molecule has 6 rings (SSSR count). The third kappa shape index (κ3) is 5.00. The number of pyridine rings is 1. The summed E-state index contributed by atoms with van der Waals surface area (Å²) in [5.74, 6) is -2.12. The monoisotopic (exact) mass is 530 g/mol. The standard InChI is InChI=1S/C28H27FN6O4/c29-22-12-20-24(35(19-5-6-19)15-21(27(20)37)28(38)39)13-25(22)34-9-7-33(8-10-34)16-26(36)32-30-14-18-11-17-3-1-2-4-23(17)31-18/h1-4,11-15,19,31H,5-10,16H2,(H,32,36)(H,38,39)/b30-14+. The lowest BCUT2D eigenvalue weighted by Crippen LogP contribution is -2.49. The number of hydrogen-bond acceptors (Lipinski definition) is 6. The summed E-state index contributed by atoms with van der Waals surface area (Å²) in [4.78, 5) is 43.8. The Morgan fingerprint density at radius 2 is 1.90 bits per heavy atom. The quantitative estimate of drug-likeness (QED) is 0.249. The lowest BCUT2D eigenvalue weighted by molar-refractivity contribution is -0.122. The molecule has 1 amide bonds. The molecule has 3 N–H and O–H groups in total. The van der Waals surface area contributed by atoms with Gasteiger partial charge < -0.3 is 19.6 Å². The molecule has 39 heavy (non-hydrogen) atoms. The van der Waals surface area contributed by atoms with E-state index in [1.54, 1.807) is 16.8 Å². The van der Waals surface area contributed by atoms with Crippen LogP contribution in [0.15, 0.2) is 58.6 Å². The van der Waals surface area contributed by atoms with Crippen molar-refractivity contribution in [2.75, 3.05) is 37.6 Å². The number of hydrazone groups is 1. The van der Waals surface area contributed by atoms with Gasteiger partial charge in [0.25, 0.3) is 5.91 Å². The summed E-state index contributed by atoms with van der Waals surface area (Å²) in [6, 6.07) is 12.7. The Labute approximate surface area is 222 Å². The van der Waals surface area contributed by atoms with E-state index in [0.29, 0.717) is 37.4 Å². The minimum Gasteiger partial charge on any atom is -0.477 e. The van der Waals surface area contributed by atoms with Crippen molar-refractivity contribution in [3.8, 4) is 0 Å². The molecule has 1 saturated carbocycles. The maximum Gasteiger partial charge on any atom is 0.341 e. The Balaban J connectivity index is 1.10. The van der Waals surface area contributed by atoms with Crippen LogP contribution in [0.1, 0.15) is 34.9 Å². The Morgan fingerprint density at radius 3 is 2.62 bits per heavy atom. The number of aromatic amines is 1. The number of nitrogens with zero attached hydrogens (tertiary/aromatic N) is 4. The first-order chi connectivity index (χ1) is 18.9. The van der Waals surface area contributed by atoms with Crippen LogP contribution in [0, 0.1) is 5.82 Å². The van der Waals surface area contributed by atoms with Crippen molar-refractivity contribution in [3.05, 3.63) is 76.0 Å². The highest BCUT2D eigenvalue weighted by Gasteiger charge is 2.28. The highest BCUT2D eigenvalue weighted by Crippen LogP contribution is 2.38. The van der Waals surface area contributed by atoms with Crippen LogP contribution in [0.25, 0.3) is 21.8 Å². The zero-order valence-electron chi connectivity index (χ0n) is 21.1. The van der Waals surface area contributed by atoms with Crippen molar-refractivity contribution in [2.45, 2.75) is 18.9 Å². The molecule has 0 bridgehead atoms. The van der Waals surface area contributed by atoms with Gasteiger partial charge in [-0.2, -0.15) is 5.10 Å². The van der Waals surface area contributed by atoms with E-state index >= 15 is 4.39 Å². The number of aromatic nitrogens is 2. The molecule has 1 aliphatic heterocycles. The van der Waals surface area contributed by atoms with E-state index in [2.05, 4.69) is 15.5 Å². The highest BCUT2D eigenvalue weighted by atomic mass is 19.1. The van der Waals surface area contributed by atoms with Gasteiger partial charge in [-0.05, 0) is 37.1 Å². The molecule has 0 radical (unpaired) electrons. The number of rotatable bonds is 7. The first-order valence-corrected chi connectivity index (χ1v) is 12.9. The second kappa shape index (κ2) is 9.99. The van der Waals surface area contributed by atoms with E-state index in [1.165, 1.54) is 6.20 Å². The fraction of sp³-hybridized carbons (Fsp3) is 0.286. The van der Waals surface area contributed by atoms with E-state index in [-0.39, 0.29) is 29.4 Å². The van der Waals surface area contributed by atoms with Gasteiger partial charge in [0, 0.05) is 54.7 Å². The minimum absolute atomic E-state index is 0.0753. The van der Waals surface area contributed by atoms with Gasteiger partial charge in [0.05, 0.1) is 29.7 Å². The number of aromatic carboxylic acids is 1. The van der Waals surface area contributed by atoms with Crippen molar-refractivity contribution in [2.24, 2.45) is 5.10 Å². The van der Waals surface area contributed by atoms with Gasteiger partial charge in [-0.15, -0.1) is 0 Å². The molecule has 200 valence electrons. The molecule has 3 heterocycles. The topological polar surface area (TPSA) is 123 Å². The number of benzene rings is 2. The second-order valence-corrected chi connectivity index (χ2v) is 10.0. The van der Waals surface area contributed by atoms with Gasteiger partial charge in [0.1, 0.15) is 11.4 Å². The number of carbonyl (C=O) groups excluding carboxylic acids is 1. The molecule has 10 nitrogen and oxygen atoms in total. The number of H-pyrrole nitrogens is 1. The molecule has 2 aromatic carbocycles. The Hall–Kier alpha value is -4.51. The van der Waals surface area contributed by atoms with E-state index < -0.39 is 17.2 Å². The lowest BCUT2D eigenvalue weighted by Gasteiger charge is -2.35. The van der Waals surface area contributed by atoms with Crippen LogP contribution in [-0.4, -0.2) is 70.4 Å². The highest BCUT2D eigenvalue weighted by molar-refractivity contribution is 5.94. The molecule has 2 fully saturated rings. The van der Waals surface area contributed by atoms with Gasteiger partial charge in [-0.3, -0.25) is 14.5 Å². The molecule has 0 spiro atoms. The predicted octanol–water partition coefficient (Wildman–Crippen LogP) is 2.93. The number of nitrogens with one attached hydrogen (secondary N) is 2. The summed E-state index contributed by atoms with van der Waals surface area (Å²) in [5.41, 5.74) is 4.22. The predicted molar refractivity (Wildman–Crippen MR) is 146 cm³/mol. The van der Waals surface area contributed by atoms with Gasteiger partial charge in [-0.25, -0.2) is 14.6 Å². The fourth-order valence-electron chi connectivity index (χ4n) is 5.13. The largest absolute Gasteiger partial charge is 0.477 e. The zero-order valence-corrected chi connectivity index (χ0v) is 21.1. The number of anilines is 1. The molecule has 0 unspecified atom stereocenters. The average Bonchev–Trinajstić information content (AvgIpc) is 3.68. The molecule has 4 aromatic rings. The maximum absolute atomic E-state index is 15.2. The summed E-state index contributed by atoms with van der Waals surface area (Å²) in [6.07, 6.45) is 4.72. The minimum atomic E-state index is -1.32. The number of para-hydroxylation sites is 1. The van der Waals surface area contributed by atoms with E-state index in [1.807, 2.05) is 40.1 Å². The summed E-state index contributed by atoms with van der Waals surface area (Å²) in [7, 11) is 0. The van der Waals surface area contributed by atoms with Crippen LogP contribution in [0.3, 0.4) is 0 Å². The second-order valence-electron chi connectivity index (χ2n) is 10.0. The first kappa shape index (κ1) is 24.8. The van der Waals surface area contributed by atoms with Crippen molar-refractivity contribution < 1.29 is 19.1 Å². The number of halogens is 1. The van der Waals surface area contributed by atoms with Crippen LogP contribution in [-0.2, 0) is 4.79 Å². The van der Waals surface area contributed by atoms with Crippen LogP contribution < -0.4 is 15.8 Å². The van der Waals surface area contributed by atoms with Crippen molar-refractivity contribution in [3.63, 3.8) is 0 Å². The normalized spacial score (nSPS) is 16.4. The summed E-state index contributed by atoms with van der Waals surface area (Å²) in [5, 5.41) is 14.6. The van der Waals surface area contributed by atoms with E-state index in [9.17, 15) is 19.5 Å². The maximum atomic E-state index is 15.2. The molecular weight excluding hydrogens is 503 g/mol. The molecular formula is C28H27FN6O4. The number of carboxylic acids is 1. The van der Waals surface area contributed by atoms with Crippen LogP contribution in [0.2, 0.25) is 0 Å². The van der Waals surface area contributed by atoms with Crippen LogP contribution >= 0.6 is 0 Å². The molecule has 11 heteroatoms. The third-order valence-electron chi connectivity index (χ3n) is 7.30. The van der Waals surface area contributed by atoms with Gasteiger partial charge in [0.2, 0.25) is 5.43 Å². The van der Waals surface area contributed by atoms with E-state index in [0.717, 1.165) is 35.5 Å². The summed E-state index contributed by atoms with van der Waals surface area (Å²) < 4.78 is 17.0. The first-order valence-electron chi connectivity index (χ1n) is 12.9. The van der Waals surface area contributed by atoms with Crippen molar-refractivity contribution in [1.82, 2.24) is 19.9 Å². The number of amides is 1. The SMILES string of the molecule is O=C(CN1CCN(c2cc3c(cc2F)c(=O)c(C(=O)O)cn3C2CC2)CC1)N/N=C/c1cc2ccccc2[nH]1. The summed E-state index contributed by atoms with van der Waals surface area (Å²) in [6.45, 7) is 2.25. The number of fused-ring (bicyclic) bond motifs is 2. The molecule has 2 aliphatic rings. The lowest BCUT2D eigenvalue weighted by atomic mass is 10.1. The molecule has 1 aliphatic carbocycles. The average molecular weight is 531 g/mol. The van der Waals surface area contributed by atoms with Crippen LogP contribution in [0.5, 0.6) is 0 Å². The Morgan fingerprint density at radius 1 is 1.13 bits per heavy atom. The number of carbonyl (C=O) groups is 2. The van der Waals surface area contributed by atoms with Crippen molar-refractivity contribution in [1.29, 1.82) is 0 Å². The zero-order chi connectivity index (χ0) is 27.1. The third-order valence-corrected chi connectivity index (χ3v) is 7.30. The van der Waals surface area contributed by atoms with Gasteiger partial charge in [0.15, 0.2) is 0 Å². The molecule has 1 saturated heterocycles.